The number of carbonyl (C=O) groups is 1. The maximum Gasteiger partial charge on any atom is 0.257 e. The highest BCUT2D eigenvalue weighted by molar-refractivity contribution is 7.14. The fraction of sp³-hybridized carbons (Fsp3) is 0.0909. The quantitative estimate of drug-likeness (QED) is 0.849. The van der Waals surface area contributed by atoms with E-state index >= 15 is 0 Å². The predicted octanol–water partition coefficient (Wildman–Crippen LogP) is 4.44. The van der Waals surface area contributed by atoms with Gasteiger partial charge in [-0.1, -0.05) is 23.2 Å². The molecule has 1 amide bonds. The highest BCUT2D eigenvalue weighted by Crippen LogP contribution is 2.21. The number of hydrogen-bond acceptors (Lipinski definition) is 3. The Bertz CT molecular complexity index is 565. The van der Waals surface area contributed by atoms with E-state index < -0.39 is 0 Å². The average molecular weight is 322 g/mol. The van der Waals surface area contributed by atoms with Crippen molar-refractivity contribution in [3.63, 3.8) is 0 Å². The second kappa shape index (κ2) is 5.89. The van der Waals surface area contributed by atoms with E-state index in [1.165, 1.54) is 11.3 Å². The molecule has 0 atom stereocenters. The van der Waals surface area contributed by atoms with Gasteiger partial charge in [0, 0.05) is 21.0 Å². The smallest absolute Gasteiger partial charge is 0.257 e. The van der Waals surface area contributed by atoms with Gasteiger partial charge in [0.25, 0.3) is 5.91 Å². The maximum absolute atomic E-state index is 11.9. The Balaban J connectivity index is 2.16. The molecule has 0 aliphatic heterocycles. The van der Waals surface area contributed by atoms with Crippen LogP contribution in [-0.2, 0) is 5.88 Å². The second-order valence-corrected chi connectivity index (χ2v) is 5.39. The van der Waals surface area contributed by atoms with E-state index in [1.807, 2.05) is 0 Å². The Kier molecular flexibility index (Phi) is 4.45. The lowest BCUT2D eigenvalue weighted by Crippen LogP contribution is -2.11. The first-order chi connectivity index (χ1) is 8.58. The van der Waals surface area contributed by atoms with Gasteiger partial charge < -0.3 is 0 Å². The summed E-state index contributed by atoms with van der Waals surface area (Å²) < 4.78 is 0. The number of halogens is 3. The van der Waals surface area contributed by atoms with Gasteiger partial charge in [0.15, 0.2) is 5.13 Å². The summed E-state index contributed by atoms with van der Waals surface area (Å²) in [6, 6.07) is 4.65. The first kappa shape index (κ1) is 13.6. The van der Waals surface area contributed by atoms with Crippen LogP contribution in [0.25, 0.3) is 0 Å². The SMILES string of the molecule is O=C(Nc1nc(CCl)cs1)c1cc(Cl)cc(Cl)c1. The molecule has 0 spiro atoms. The number of nitrogens with zero attached hydrogens (tertiary/aromatic N) is 1. The average Bonchev–Trinajstić information content (AvgIpc) is 2.75. The van der Waals surface area contributed by atoms with Crippen LogP contribution >= 0.6 is 46.1 Å². The minimum atomic E-state index is -0.310. The molecule has 0 aliphatic rings. The number of rotatable bonds is 3. The lowest BCUT2D eigenvalue weighted by molar-refractivity contribution is 0.102. The van der Waals surface area contributed by atoms with Crippen LogP contribution in [0.5, 0.6) is 0 Å². The number of thiazole rings is 1. The third kappa shape index (κ3) is 3.36. The van der Waals surface area contributed by atoms with E-state index in [-0.39, 0.29) is 5.91 Å². The van der Waals surface area contributed by atoms with Gasteiger partial charge in [-0.25, -0.2) is 4.98 Å². The molecule has 1 aromatic heterocycles. The molecule has 0 bridgehead atoms. The third-order valence-corrected chi connectivity index (χ3v) is 3.55. The normalized spacial score (nSPS) is 10.4. The van der Waals surface area contributed by atoms with Crippen LogP contribution in [0.15, 0.2) is 23.6 Å². The molecular formula is C11H7Cl3N2OS. The molecule has 3 nitrogen and oxygen atoms in total. The van der Waals surface area contributed by atoms with Gasteiger partial charge in [0.05, 0.1) is 11.6 Å². The van der Waals surface area contributed by atoms with E-state index in [0.717, 1.165) is 5.69 Å². The van der Waals surface area contributed by atoms with E-state index in [9.17, 15) is 4.79 Å². The van der Waals surface area contributed by atoms with Crippen LogP contribution in [-0.4, -0.2) is 10.9 Å². The molecule has 0 aliphatic carbocycles. The molecule has 2 rings (SSSR count). The maximum atomic E-state index is 11.9. The molecule has 1 aromatic carbocycles. The molecule has 0 unspecified atom stereocenters. The van der Waals surface area contributed by atoms with Crippen molar-refractivity contribution < 1.29 is 4.79 Å². The summed E-state index contributed by atoms with van der Waals surface area (Å²) in [7, 11) is 0. The van der Waals surface area contributed by atoms with Crippen LogP contribution in [0, 0.1) is 0 Å². The van der Waals surface area contributed by atoms with Crippen LogP contribution in [0.4, 0.5) is 5.13 Å². The Hall–Kier alpha value is -0.810. The number of nitrogens with one attached hydrogen (secondary N) is 1. The molecule has 1 heterocycles. The van der Waals surface area contributed by atoms with Gasteiger partial charge in [-0.3, -0.25) is 10.1 Å². The van der Waals surface area contributed by atoms with Gasteiger partial charge in [-0.2, -0.15) is 0 Å². The number of aromatic nitrogens is 1. The number of hydrogen-bond donors (Lipinski definition) is 1. The molecular weight excluding hydrogens is 315 g/mol. The number of anilines is 1. The summed E-state index contributed by atoms with van der Waals surface area (Å²) in [5, 5.41) is 5.76. The van der Waals surface area contributed by atoms with E-state index in [0.29, 0.717) is 26.6 Å². The van der Waals surface area contributed by atoms with Gasteiger partial charge in [0.1, 0.15) is 0 Å². The third-order valence-electron chi connectivity index (χ3n) is 2.03. The number of benzene rings is 1. The van der Waals surface area contributed by atoms with Crippen LogP contribution in [0.2, 0.25) is 10.0 Å². The minimum absolute atomic E-state index is 0.310. The fourth-order valence-electron chi connectivity index (χ4n) is 1.28. The fourth-order valence-corrected chi connectivity index (χ4v) is 2.74. The summed E-state index contributed by atoms with van der Waals surface area (Å²) in [5.74, 6) is 0.00454. The van der Waals surface area contributed by atoms with Crippen molar-refractivity contribution in [1.82, 2.24) is 4.98 Å². The highest BCUT2D eigenvalue weighted by Gasteiger charge is 2.10. The number of alkyl halides is 1. The van der Waals surface area contributed by atoms with Crippen molar-refractivity contribution >= 4 is 57.2 Å². The summed E-state index contributed by atoms with van der Waals surface area (Å²) >= 11 is 18.6. The van der Waals surface area contributed by atoms with Crippen molar-refractivity contribution in [3.8, 4) is 0 Å². The standard InChI is InChI=1S/C11H7Cl3N2OS/c12-4-9-5-18-11(15-9)16-10(17)6-1-7(13)3-8(14)2-6/h1-3,5H,4H2,(H,15,16,17). The van der Waals surface area contributed by atoms with Crippen molar-refractivity contribution in [3.05, 3.63) is 44.9 Å². The lowest BCUT2D eigenvalue weighted by atomic mass is 10.2. The first-order valence-corrected chi connectivity index (χ1v) is 7.03. The minimum Gasteiger partial charge on any atom is -0.298 e. The first-order valence-electron chi connectivity index (χ1n) is 4.86. The molecule has 7 heteroatoms. The Morgan fingerprint density at radius 3 is 2.50 bits per heavy atom. The summed E-state index contributed by atoms with van der Waals surface area (Å²) in [4.78, 5) is 16.0. The summed E-state index contributed by atoms with van der Waals surface area (Å²) in [5.41, 5.74) is 1.11. The number of carbonyl (C=O) groups excluding carboxylic acids is 1. The molecule has 2 aromatic rings. The topological polar surface area (TPSA) is 42.0 Å². The van der Waals surface area contributed by atoms with E-state index in [1.54, 1.807) is 23.6 Å². The molecule has 0 fully saturated rings. The van der Waals surface area contributed by atoms with Gasteiger partial charge in [-0.05, 0) is 18.2 Å². The molecule has 94 valence electrons. The van der Waals surface area contributed by atoms with E-state index in [4.69, 9.17) is 34.8 Å². The molecule has 0 saturated carbocycles. The monoisotopic (exact) mass is 320 g/mol. The highest BCUT2D eigenvalue weighted by atomic mass is 35.5. The van der Waals surface area contributed by atoms with Crippen LogP contribution in [0.3, 0.4) is 0 Å². The number of amides is 1. The molecule has 0 saturated heterocycles. The predicted molar refractivity (Wildman–Crippen MR) is 76.1 cm³/mol. The zero-order chi connectivity index (χ0) is 13.1. The summed E-state index contributed by atoms with van der Waals surface area (Å²) in [6.07, 6.45) is 0. The van der Waals surface area contributed by atoms with Gasteiger partial charge >= 0.3 is 0 Å². The summed E-state index contributed by atoms with van der Waals surface area (Å²) in [6.45, 7) is 0. The van der Waals surface area contributed by atoms with Crippen molar-refractivity contribution in [2.45, 2.75) is 5.88 Å². The second-order valence-electron chi connectivity index (χ2n) is 3.39. The lowest BCUT2D eigenvalue weighted by Gasteiger charge is -2.03. The zero-order valence-electron chi connectivity index (χ0n) is 8.91. The van der Waals surface area contributed by atoms with Crippen molar-refractivity contribution in [2.24, 2.45) is 0 Å². The Morgan fingerprint density at radius 2 is 1.94 bits per heavy atom. The van der Waals surface area contributed by atoms with Crippen LogP contribution in [0.1, 0.15) is 16.1 Å². The van der Waals surface area contributed by atoms with Gasteiger partial charge in [0.2, 0.25) is 0 Å². The van der Waals surface area contributed by atoms with Crippen molar-refractivity contribution in [2.75, 3.05) is 5.32 Å². The zero-order valence-corrected chi connectivity index (χ0v) is 12.0. The van der Waals surface area contributed by atoms with Crippen LogP contribution < -0.4 is 5.32 Å². The molecule has 1 N–H and O–H groups in total. The molecule has 18 heavy (non-hydrogen) atoms. The van der Waals surface area contributed by atoms with Crippen molar-refractivity contribution in [1.29, 1.82) is 0 Å². The Morgan fingerprint density at radius 1 is 1.28 bits per heavy atom. The largest absolute Gasteiger partial charge is 0.298 e. The Labute approximate surface area is 123 Å². The molecule has 0 radical (unpaired) electrons. The van der Waals surface area contributed by atoms with Gasteiger partial charge in [-0.15, -0.1) is 22.9 Å². The van der Waals surface area contributed by atoms with E-state index in [2.05, 4.69) is 10.3 Å².